The highest BCUT2D eigenvalue weighted by molar-refractivity contribution is 7.91. The van der Waals surface area contributed by atoms with Crippen molar-refractivity contribution in [2.24, 2.45) is 17.8 Å². The van der Waals surface area contributed by atoms with Crippen molar-refractivity contribution in [3.05, 3.63) is 54.6 Å². The third kappa shape index (κ3) is 8.74. The molecule has 1 rings (SSSR count). The molecule has 0 bridgehead atoms. The first-order valence-corrected chi connectivity index (χ1v) is 12.1. The lowest BCUT2D eigenvalue weighted by Gasteiger charge is -2.26. The van der Waals surface area contributed by atoms with Crippen LogP contribution >= 0.6 is 0 Å². The standard InChI is InChI=1S/C24H38O3S/c1-6-11-20(4)24(21(5)13-10-12-19(2)3)17-16-22(25)18-28(26,27)23-14-8-7-9-15-23/h6-9,11,14-15,19,21-22,24-25H,1,10,12-13,16-18H2,2-5H3/b20-11+/t21-,22?,24+/m1/s1. The monoisotopic (exact) mass is 406 g/mol. The maximum atomic E-state index is 12.5. The molecule has 0 aliphatic rings. The summed E-state index contributed by atoms with van der Waals surface area (Å²) in [5.74, 6) is 1.31. The van der Waals surface area contributed by atoms with E-state index in [1.165, 1.54) is 18.4 Å². The Morgan fingerprint density at radius 2 is 1.71 bits per heavy atom. The summed E-state index contributed by atoms with van der Waals surface area (Å²) in [4.78, 5) is 0.274. The fourth-order valence-corrected chi connectivity index (χ4v) is 5.19. The molecular formula is C24H38O3S. The van der Waals surface area contributed by atoms with E-state index in [4.69, 9.17) is 0 Å². The molecule has 0 amide bonds. The molecule has 0 saturated heterocycles. The Hall–Kier alpha value is -1.39. The van der Waals surface area contributed by atoms with Crippen molar-refractivity contribution >= 4 is 9.84 Å². The molecule has 1 unspecified atom stereocenters. The maximum absolute atomic E-state index is 12.5. The van der Waals surface area contributed by atoms with Gasteiger partial charge in [0.05, 0.1) is 16.8 Å². The minimum atomic E-state index is -3.46. The fourth-order valence-electron chi connectivity index (χ4n) is 3.75. The van der Waals surface area contributed by atoms with Gasteiger partial charge in [-0.25, -0.2) is 8.42 Å². The summed E-state index contributed by atoms with van der Waals surface area (Å²) in [5.41, 5.74) is 1.25. The molecule has 158 valence electrons. The number of hydrogen-bond acceptors (Lipinski definition) is 3. The van der Waals surface area contributed by atoms with Crippen molar-refractivity contribution in [3.63, 3.8) is 0 Å². The SMILES string of the molecule is C=C/C=C(\C)[C@H](CCC(O)CS(=O)(=O)c1ccccc1)[C@H](C)CCCC(C)C. The Bertz CT molecular complexity index is 705. The fraction of sp³-hybridized carbons (Fsp3) is 0.583. The van der Waals surface area contributed by atoms with Gasteiger partial charge in [0.1, 0.15) is 0 Å². The molecule has 1 N–H and O–H groups in total. The van der Waals surface area contributed by atoms with E-state index in [2.05, 4.69) is 34.3 Å². The molecule has 0 fully saturated rings. The first-order chi connectivity index (χ1) is 13.2. The Balaban J connectivity index is 2.70. The van der Waals surface area contributed by atoms with E-state index in [1.54, 1.807) is 36.4 Å². The van der Waals surface area contributed by atoms with Crippen molar-refractivity contribution in [3.8, 4) is 0 Å². The van der Waals surface area contributed by atoms with Crippen LogP contribution in [0.25, 0.3) is 0 Å². The Morgan fingerprint density at radius 3 is 2.29 bits per heavy atom. The van der Waals surface area contributed by atoms with Gasteiger partial charge in [-0.3, -0.25) is 0 Å². The smallest absolute Gasteiger partial charge is 0.180 e. The molecule has 0 saturated carbocycles. The maximum Gasteiger partial charge on any atom is 0.180 e. The molecule has 1 aromatic carbocycles. The van der Waals surface area contributed by atoms with Gasteiger partial charge in [0.25, 0.3) is 0 Å². The van der Waals surface area contributed by atoms with Gasteiger partial charge in [-0.2, -0.15) is 0 Å². The number of allylic oxidation sites excluding steroid dienone is 3. The van der Waals surface area contributed by atoms with Crippen LogP contribution in [0.4, 0.5) is 0 Å². The van der Waals surface area contributed by atoms with Crippen LogP contribution in [0.15, 0.2) is 59.5 Å². The van der Waals surface area contributed by atoms with Gasteiger partial charge in [0.2, 0.25) is 0 Å². The van der Waals surface area contributed by atoms with Crippen LogP contribution in [0.1, 0.15) is 59.8 Å². The zero-order valence-electron chi connectivity index (χ0n) is 18.0. The molecule has 3 atom stereocenters. The molecule has 0 spiro atoms. The van der Waals surface area contributed by atoms with E-state index in [1.807, 2.05) is 6.08 Å². The summed E-state index contributed by atoms with van der Waals surface area (Å²) in [6.45, 7) is 12.7. The van der Waals surface area contributed by atoms with Gasteiger partial charge in [0, 0.05) is 0 Å². The van der Waals surface area contributed by atoms with Crippen LogP contribution in [0, 0.1) is 17.8 Å². The number of hydrogen-bond donors (Lipinski definition) is 1. The molecule has 0 aromatic heterocycles. The zero-order chi connectivity index (χ0) is 21.2. The van der Waals surface area contributed by atoms with Crippen LogP contribution in [-0.2, 0) is 9.84 Å². The normalized spacial score (nSPS) is 16.0. The van der Waals surface area contributed by atoms with Crippen LogP contribution in [0.2, 0.25) is 0 Å². The van der Waals surface area contributed by atoms with Crippen molar-refractivity contribution in [2.45, 2.75) is 70.8 Å². The lowest BCUT2D eigenvalue weighted by Crippen LogP contribution is -2.23. The molecule has 4 heteroatoms. The summed E-state index contributed by atoms with van der Waals surface area (Å²) in [6.07, 6.45) is 7.81. The van der Waals surface area contributed by atoms with Crippen molar-refractivity contribution < 1.29 is 13.5 Å². The summed E-state index contributed by atoms with van der Waals surface area (Å²) in [7, 11) is -3.46. The number of aliphatic hydroxyl groups excluding tert-OH is 1. The Kier molecular flexibility index (Phi) is 10.8. The summed E-state index contributed by atoms with van der Waals surface area (Å²) < 4.78 is 25.0. The van der Waals surface area contributed by atoms with E-state index in [0.29, 0.717) is 24.2 Å². The molecule has 0 heterocycles. The average Bonchev–Trinajstić information content (AvgIpc) is 2.62. The molecule has 28 heavy (non-hydrogen) atoms. The first-order valence-electron chi connectivity index (χ1n) is 10.4. The number of sulfone groups is 1. The largest absolute Gasteiger partial charge is 0.392 e. The van der Waals surface area contributed by atoms with Gasteiger partial charge in [-0.05, 0) is 49.7 Å². The van der Waals surface area contributed by atoms with Crippen LogP contribution < -0.4 is 0 Å². The summed E-state index contributed by atoms with van der Waals surface area (Å²) in [5, 5.41) is 10.4. The summed E-state index contributed by atoms with van der Waals surface area (Å²) in [6, 6.07) is 8.36. The molecule has 1 aromatic rings. The molecule has 0 radical (unpaired) electrons. The second-order valence-electron chi connectivity index (χ2n) is 8.38. The molecule has 0 aliphatic carbocycles. The number of aliphatic hydroxyl groups is 1. The highest BCUT2D eigenvalue weighted by Crippen LogP contribution is 2.30. The van der Waals surface area contributed by atoms with Crippen molar-refractivity contribution in [1.29, 1.82) is 0 Å². The Morgan fingerprint density at radius 1 is 1.07 bits per heavy atom. The topological polar surface area (TPSA) is 54.4 Å². The third-order valence-electron chi connectivity index (χ3n) is 5.42. The van der Waals surface area contributed by atoms with E-state index in [0.717, 1.165) is 12.8 Å². The molecule has 3 nitrogen and oxygen atoms in total. The van der Waals surface area contributed by atoms with Gasteiger partial charge < -0.3 is 5.11 Å². The van der Waals surface area contributed by atoms with Gasteiger partial charge >= 0.3 is 0 Å². The third-order valence-corrected chi connectivity index (χ3v) is 7.23. The predicted molar refractivity (Wildman–Crippen MR) is 119 cm³/mol. The first kappa shape index (κ1) is 24.6. The minimum Gasteiger partial charge on any atom is -0.392 e. The van der Waals surface area contributed by atoms with E-state index in [-0.39, 0.29) is 10.6 Å². The zero-order valence-corrected chi connectivity index (χ0v) is 18.8. The molecular weight excluding hydrogens is 368 g/mol. The lowest BCUT2D eigenvalue weighted by molar-refractivity contribution is 0.171. The molecule has 0 aliphatic heterocycles. The Labute approximate surface area is 172 Å². The quantitative estimate of drug-likeness (QED) is 0.420. The van der Waals surface area contributed by atoms with Crippen LogP contribution in [-0.4, -0.2) is 25.4 Å². The van der Waals surface area contributed by atoms with Crippen molar-refractivity contribution in [1.82, 2.24) is 0 Å². The number of rotatable bonds is 13. The summed E-state index contributed by atoms with van der Waals surface area (Å²) >= 11 is 0. The van der Waals surface area contributed by atoms with Gasteiger partial charge in [-0.1, -0.05) is 82.5 Å². The second-order valence-corrected chi connectivity index (χ2v) is 10.4. The predicted octanol–water partition coefficient (Wildman–Crippen LogP) is 5.81. The van der Waals surface area contributed by atoms with E-state index in [9.17, 15) is 13.5 Å². The van der Waals surface area contributed by atoms with Gasteiger partial charge in [0.15, 0.2) is 9.84 Å². The van der Waals surface area contributed by atoms with Crippen LogP contribution in [0.3, 0.4) is 0 Å². The second kappa shape index (κ2) is 12.2. The van der Waals surface area contributed by atoms with E-state index < -0.39 is 15.9 Å². The van der Waals surface area contributed by atoms with E-state index >= 15 is 0 Å². The highest BCUT2D eigenvalue weighted by atomic mass is 32.2. The van der Waals surface area contributed by atoms with Gasteiger partial charge in [-0.15, -0.1) is 0 Å². The lowest BCUT2D eigenvalue weighted by atomic mass is 9.80. The highest BCUT2D eigenvalue weighted by Gasteiger charge is 2.23. The average molecular weight is 407 g/mol. The number of benzene rings is 1. The van der Waals surface area contributed by atoms with Crippen molar-refractivity contribution in [2.75, 3.05) is 5.75 Å². The van der Waals surface area contributed by atoms with Crippen LogP contribution in [0.5, 0.6) is 0 Å². The minimum absolute atomic E-state index is 0.227.